The molecule has 0 aromatic heterocycles. The van der Waals surface area contributed by atoms with Crippen LogP contribution >= 0.6 is 11.6 Å². The Morgan fingerprint density at radius 1 is 0.931 bits per heavy atom. The molecule has 0 heterocycles. The largest absolute Gasteiger partial charge is 0.323 e. The number of nitrogens with zero attached hydrogens (tertiary/aromatic N) is 1. The van der Waals surface area contributed by atoms with Gasteiger partial charge in [0.1, 0.15) is 6.54 Å². The van der Waals surface area contributed by atoms with E-state index in [1.807, 2.05) is 19.9 Å². The fourth-order valence-corrected chi connectivity index (χ4v) is 4.41. The Morgan fingerprint density at radius 2 is 1.62 bits per heavy atom. The number of para-hydroxylation sites is 1. The van der Waals surface area contributed by atoms with Gasteiger partial charge in [-0.2, -0.15) is 0 Å². The van der Waals surface area contributed by atoms with Crippen molar-refractivity contribution in [2.24, 2.45) is 0 Å². The molecule has 0 aliphatic carbocycles. The molecule has 0 aliphatic rings. The lowest BCUT2D eigenvalue weighted by Crippen LogP contribution is -2.38. The molecule has 150 valence electrons. The second kappa shape index (κ2) is 8.68. The molecule has 0 unspecified atom stereocenters. The van der Waals surface area contributed by atoms with Gasteiger partial charge >= 0.3 is 0 Å². The Labute approximate surface area is 176 Å². The summed E-state index contributed by atoms with van der Waals surface area (Å²) in [6.45, 7) is 3.36. The highest BCUT2D eigenvalue weighted by molar-refractivity contribution is 7.92. The first kappa shape index (κ1) is 20.9. The van der Waals surface area contributed by atoms with Gasteiger partial charge in [0.25, 0.3) is 10.0 Å². The summed E-state index contributed by atoms with van der Waals surface area (Å²) in [6, 6.07) is 20.4. The number of amides is 1. The lowest BCUT2D eigenvalue weighted by molar-refractivity contribution is -0.114. The van der Waals surface area contributed by atoms with Crippen molar-refractivity contribution in [2.75, 3.05) is 16.2 Å². The number of rotatable bonds is 6. The van der Waals surface area contributed by atoms with E-state index in [0.717, 1.165) is 15.4 Å². The van der Waals surface area contributed by atoms with Crippen LogP contribution in [-0.2, 0) is 14.8 Å². The van der Waals surface area contributed by atoms with Crippen molar-refractivity contribution < 1.29 is 13.2 Å². The molecule has 0 fully saturated rings. The summed E-state index contributed by atoms with van der Waals surface area (Å²) < 4.78 is 27.8. The Balaban J connectivity index is 1.96. The van der Waals surface area contributed by atoms with E-state index < -0.39 is 15.9 Å². The first-order valence-corrected chi connectivity index (χ1v) is 10.8. The van der Waals surface area contributed by atoms with Crippen LogP contribution in [0.25, 0.3) is 0 Å². The summed E-state index contributed by atoms with van der Waals surface area (Å²) >= 11 is 6.10. The van der Waals surface area contributed by atoms with E-state index in [1.165, 1.54) is 0 Å². The first-order chi connectivity index (χ1) is 13.8. The van der Waals surface area contributed by atoms with Crippen molar-refractivity contribution in [2.45, 2.75) is 18.7 Å². The number of carbonyl (C=O) groups is 1. The monoisotopic (exact) mass is 428 g/mol. The van der Waals surface area contributed by atoms with Crippen molar-refractivity contribution in [3.8, 4) is 0 Å². The summed E-state index contributed by atoms with van der Waals surface area (Å²) in [7, 11) is -3.95. The highest BCUT2D eigenvalue weighted by Crippen LogP contribution is 2.26. The standard InChI is InChI=1S/C22H21ClN2O3S/c1-16-10-12-19(13-11-16)29(27,28)25(18-7-5-6-17(2)14-18)15-22(26)24-21-9-4-3-8-20(21)23/h3-14H,15H2,1-2H3,(H,24,26). The van der Waals surface area contributed by atoms with Crippen molar-refractivity contribution in [3.63, 3.8) is 0 Å². The minimum absolute atomic E-state index is 0.121. The minimum Gasteiger partial charge on any atom is -0.323 e. The third kappa shape index (κ3) is 4.96. The van der Waals surface area contributed by atoms with Gasteiger partial charge in [0.05, 0.1) is 21.3 Å². The molecular weight excluding hydrogens is 408 g/mol. The van der Waals surface area contributed by atoms with Crippen LogP contribution in [0.4, 0.5) is 11.4 Å². The summed E-state index contributed by atoms with van der Waals surface area (Å²) in [6.07, 6.45) is 0. The van der Waals surface area contributed by atoms with Crippen LogP contribution in [-0.4, -0.2) is 20.9 Å². The molecule has 3 aromatic rings. The molecule has 5 nitrogen and oxygen atoms in total. The molecule has 0 radical (unpaired) electrons. The highest BCUT2D eigenvalue weighted by atomic mass is 35.5. The summed E-state index contributed by atoms with van der Waals surface area (Å²) in [5.74, 6) is -0.490. The highest BCUT2D eigenvalue weighted by Gasteiger charge is 2.27. The zero-order chi connectivity index (χ0) is 21.0. The smallest absolute Gasteiger partial charge is 0.264 e. The second-order valence-electron chi connectivity index (χ2n) is 6.69. The average molecular weight is 429 g/mol. The van der Waals surface area contributed by atoms with Crippen LogP contribution < -0.4 is 9.62 Å². The van der Waals surface area contributed by atoms with Crippen LogP contribution in [0, 0.1) is 13.8 Å². The molecule has 7 heteroatoms. The van der Waals surface area contributed by atoms with Gasteiger partial charge in [0.15, 0.2) is 0 Å². The molecule has 0 saturated carbocycles. The zero-order valence-electron chi connectivity index (χ0n) is 16.1. The van der Waals surface area contributed by atoms with Crippen molar-refractivity contribution in [3.05, 3.63) is 88.9 Å². The SMILES string of the molecule is Cc1ccc(S(=O)(=O)N(CC(=O)Nc2ccccc2Cl)c2cccc(C)c2)cc1. The minimum atomic E-state index is -3.95. The lowest BCUT2D eigenvalue weighted by atomic mass is 10.2. The maximum atomic E-state index is 13.3. The molecule has 29 heavy (non-hydrogen) atoms. The molecule has 1 amide bonds. The number of sulfonamides is 1. The molecular formula is C22H21ClN2O3S. The van der Waals surface area contributed by atoms with E-state index >= 15 is 0 Å². The predicted octanol–water partition coefficient (Wildman–Crippen LogP) is 4.79. The van der Waals surface area contributed by atoms with Gasteiger partial charge in [0, 0.05) is 0 Å². The Kier molecular flexibility index (Phi) is 6.25. The molecule has 0 spiro atoms. The number of hydrogen-bond acceptors (Lipinski definition) is 3. The summed E-state index contributed by atoms with van der Waals surface area (Å²) in [4.78, 5) is 12.8. The van der Waals surface area contributed by atoms with Crippen molar-refractivity contribution in [1.29, 1.82) is 0 Å². The van der Waals surface area contributed by atoms with Crippen molar-refractivity contribution >= 4 is 38.9 Å². The van der Waals surface area contributed by atoms with Gasteiger partial charge in [-0.05, 0) is 55.8 Å². The number of anilines is 2. The van der Waals surface area contributed by atoms with Gasteiger partial charge in [0.2, 0.25) is 5.91 Å². The first-order valence-electron chi connectivity index (χ1n) is 8.98. The van der Waals surface area contributed by atoms with Gasteiger partial charge in [-0.15, -0.1) is 0 Å². The number of carbonyl (C=O) groups excluding carboxylic acids is 1. The van der Waals surface area contributed by atoms with E-state index in [1.54, 1.807) is 66.7 Å². The van der Waals surface area contributed by atoms with Crippen LogP contribution in [0.15, 0.2) is 77.7 Å². The fraction of sp³-hybridized carbons (Fsp3) is 0.136. The van der Waals surface area contributed by atoms with E-state index in [9.17, 15) is 13.2 Å². The number of benzene rings is 3. The Hall–Kier alpha value is -2.83. The second-order valence-corrected chi connectivity index (χ2v) is 8.96. The average Bonchev–Trinajstić information content (AvgIpc) is 2.68. The van der Waals surface area contributed by atoms with Crippen LogP contribution in [0.3, 0.4) is 0 Å². The Morgan fingerprint density at radius 3 is 2.28 bits per heavy atom. The van der Waals surface area contributed by atoms with Crippen LogP contribution in [0.2, 0.25) is 5.02 Å². The van der Waals surface area contributed by atoms with Crippen LogP contribution in [0.5, 0.6) is 0 Å². The predicted molar refractivity (Wildman–Crippen MR) is 117 cm³/mol. The maximum absolute atomic E-state index is 13.3. The normalized spacial score (nSPS) is 11.1. The van der Waals surface area contributed by atoms with Crippen molar-refractivity contribution in [1.82, 2.24) is 0 Å². The zero-order valence-corrected chi connectivity index (χ0v) is 17.7. The van der Waals surface area contributed by atoms with Gasteiger partial charge in [-0.1, -0.05) is 53.6 Å². The van der Waals surface area contributed by atoms with Gasteiger partial charge in [-0.25, -0.2) is 8.42 Å². The van der Waals surface area contributed by atoms with E-state index in [2.05, 4.69) is 5.32 Å². The third-order valence-electron chi connectivity index (χ3n) is 4.33. The summed E-state index contributed by atoms with van der Waals surface area (Å²) in [5.41, 5.74) is 2.68. The van der Waals surface area contributed by atoms with Crippen LogP contribution in [0.1, 0.15) is 11.1 Å². The lowest BCUT2D eigenvalue weighted by Gasteiger charge is -2.24. The molecule has 0 bridgehead atoms. The maximum Gasteiger partial charge on any atom is 0.264 e. The number of nitrogens with one attached hydrogen (secondary N) is 1. The Bertz CT molecular complexity index is 1130. The van der Waals surface area contributed by atoms with E-state index in [4.69, 9.17) is 11.6 Å². The van der Waals surface area contributed by atoms with Gasteiger partial charge < -0.3 is 5.32 Å². The molecule has 3 aromatic carbocycles. The van der Waals surface area contributed by atoms with E-state index in [-0.39, 0.29) is 11.4 Å². The molecule has 3 rings (SSSR count). The number of halogens is 1. The molecule has 0 aliphatic heterocycles. The fourth-order valence-electron chi connectivity index (χ4n) is 2.82. The molecule has 1 N–H and O–H groups in total. The van der Waals surface area contributed by atoms with E-state index in [0.29, 0.717) is 16.4 Å². The van der Waals surface area contributed by atoms with Gasteiger partial charge in [-0.3, -0.25) is 9.10 Å². The summed E-state index contributed by atoms with van der Waals surface area (Å²) in [5, 5.41) is 3.06. The number of aryl methyl sites for hydroxylation is 2. The quantitative estimate of drug-likeness (QED) is 0.613. The molecule has 0 saturated heterocycles. The topological polar surface area (TPSA) is 66.5 Å². The molecule has 0 atom stereocenters. The number of hydrogen-bond donors (Lipinski definition) is 1. The third-order valence-corrected chi connectivity index (χ3v) is 6.45.